The smallest absolute Gasteiger partial charge is 0.0712 e. The van der Waals surface area contributed by atoms with Crippen molar-refractivity contribution in [3.05, 3.63) is 0 Å². The average molecular weight is 228 g/mol. The highest BCUT2D eigenvalue weighted by Gasteiger charge is 2.12. The van der Waals surface area contributed by atoms with Gasteiger partial charge in [-0.05, 0) is 26.3 Å². The molecular formula is C13H28N2O. The second-order valence-electron chi connectivity index (χ2n) is 4.84. The number of nitrogens with one attached hydrogen (secondary N) is 2. The molecule has 16 heavy (non-hydrogen) atoms. The molecule has 0 bridgehead atoms. The molecule has 96 valence electrons. The van der Waals surface area contributed by atoms with Gasteiger partial charge in [-0.3, -0.25) is 0 Å². The van der Waals surface area contributed by atoms with Crippen LogP contribution >= 0.6 is 0 Å². The van der Waals surface area contributed by atoms with Crippen LogP contribution < -0.4 is 10.6 Å². The number of ether oxygens (including phenoxy) is 1. The van der Waals surface area contributed by atoms with Crippen LogP contribution in [0.2, 0.25) is 0 Å². The van der Waals surface area contributed by atoms with Crippen LogP contribution in [0.15, 0.2) is 0 Å². The van der Waals surface area contributed by atoms with Crippen molar-refractivity contribution in [1.29, 1.82) is 0 Å². The zero-order chi connectivity index (χ0) is 11.6. The van der Waals surface area contributed by atoms with Crippen molar-refractivity contribution in [2.45, 2.75) is 58.1 Å². The molecule has 2 unspecified atom stereocenters. The van der Waals surface area contributed by atoms with Gasteiger partial charge in [-0.2, -0.15) is 0 Å². The highest BCUT2D eigenvalue weighted by molar-refractivity contribution is 4.69. The van der Waals surface area contributed by atoms with Crippen molar-refractivity contribution in [3.8, 4) is 0 Å². The summed E-state index contributed by atoms with van der Waals surface area (Å²) in [4.78, 5) is 0. The monoisotopic (exact) mass is 228 g/mol. The molecule has 0 aromatic heterocycles. The van der Waals surface area contributed by atoms with Crippen LogP contribution in [0.25, 0.3) is 0 Å². The Bertz CT molecular complexity index is 158. The van der Waals surface area contributed by atoms with Crippen molar-refractivity contribution in [2.75, 3.05) is 26.2 Å². The Morgan fingerprint density at radius 3 is 3.00 bits per heavy atom. The maximum Gasteiger partial charge on any atom is 0.0712 e. The van der Waals surface area contributed by atoms with Crippen LogP contribution in [0, 0.1) is 0 Å². The van der Waals surface area contributed by atoms with Gasteiger partial charge in [0.1, 0.15) is 0 Å². The lowest BCUT2D eigenvalue weighted by Gasteiger charge is -2.24. The van der Waals surface area contributed by atoms with Crippen molar-refractivity contribution < 1.29 is 4.74 Å². The molecule has 3 nitrogen and oxygen atoms in total. The first-order chi connectivity index (χ1) is 7.83. The third kappa shape index (κ3) is 6.46. The topological polar surface area (TPSA) is 33.3 Å². The molecule has 0 saturated carbocycles. The van der Waals surface area contributed by atoms with E-state index in [0.717, 1.165) is 32.7 Å². The summed E-state index contributed by atoms with van der Waals surface area (Å²) in [6.07, 6.45) is 6.88. The van der Waals surface area contributed by atoms with E-state index in [2.05, 4.69) is 24.5 Å². The average Bonchev–Trinajstić information content (AvgIpc) is 2.31. The van der Waals surface area contributed by atoms with Gasteiger partial charge in [-0.15, -0.1) is 0 Å². The Morgan fingerprint density at radius 1 is 1.44 bits per heavy atom. The van der Waals surface area contributed by atoms with Gasteiger partial charge < -0.3 is 15.4 Å². The van der Waals surface area contributed by atoms with Gasteiger partial charge >= 0.3 is 0 Å². The molecule has 0 aromatic carbocycles. The second kappa shape index (κ2) is 8.97. The normalized spacial score (nSPS) is 23.2. The van der Waals surface area contributed by atoms with Gasteiger partial charge in [-0.1, -0.05) is 26.2 Å². The summed E-state index contributed by atoms with van der Waals surface area (Å²) in [5.74, 6) is 0. The Hall–Kier alpha value is -0.120. The molecule has 2 N–H and O–H groups in total. The standard InChI is InChI=1S/C13H28N2O/c1-3-4-5-6-12(2)15-8-7-13-11-14-9-10-16-13/h12-15H,3-11H2,1-2H3. The van der Waals surface area contributed by atoms with E-state index in [1.807, 2.05) is 0 Å². The molecule has 0 spiro atoms. The quantitative estimate of drug-likeness (QED) is 0.623. The van der Waals surface area contributed by atoms with Gasteiger partial charge in [-0.25, -0.2) is 0 Å². The fourth-order valence-electron chi connectivity index (χ4n) is 2.10. The van der Waals surface area contributed by atoms with Crippen LogP contribution in [0.4, 0.5) is 0 Å². The minimum atomic E-state index is 0.420. The van der Waals surface area contributed by atoms with Crippen LogP contribution in [0.3, 0.4) is 0 Å². The van der Waals surface area contributed by atoms with Crippen LogP contribution in [-0.4, -0.2) is 38.4 Å². The highest BCUT2D eigenvalue weighted by atomic mass is 16.5. The molecule has 0 radical (unpaired) electrons. The van der Waals surface area contributed by atoms with E-state index in [-0.39, 0.29) is 0 Å². The predicted molar refractivity (Wildman–Crippen MR) is 68.8 cm³/mol. The van der Waals surface area contributed by atoms with Gasteiger partial charge in [0, 0.05) is 19.1 Å². The van der Waals surface area contributed by atoms with E-state index in [1.54, 1.807) is 0 Å². The van der Waals surface area contributed by atoms with E-state index in [1.165, 1.54) is 25.7 Å². The van der Waals surface area contributed by atoms with Crippen molar-refractivity contribution in [1.82, 2.24) is 10.6 Å². The Kier molecular flexibility index (Phi) is 7.81. The molecule has 1 aliphatic heterocycles. The zero-order valence-corrected chi connectivity index (χ0v) is 10.9. The third-order valence-corrected chi connectivity index (χ3v) is 3.20. The number of hydrogen-bond acceptors (Lipinski definition) is 3. The fourth-order valence-corrected chi connectivity index (χ4v) is 2.10. The maximum atomic E-state index is 5.66. The number of morpholine rings is 1. The Balaban J connectivity index is 1.92. The van der Waals surface area contributed by atoms with Crippen molar-refractivity contribution in [2.24, 2.45) is 0 Å². The molecule has 1 fully saturated rings. The van der Waals surface area contributed by atoms with Crippen LogP contribution in [0.5, 0.6) is 0 Å². The summed E-state index contributed by atoms with van der Waals surface area (Å²) in [7, 11) is 0. The highest BCUT2D eigenvalue weighted by Crippen LogP contribution is 2.04. The van der Waals surface area contributed by atoms with Gasteiger partial charge in [0.15, 0.2) is 0 Å². The molecule has 1 heterocycles. The first-order valence-electron chi connectivity index (χ1n) is 6.88. The number of hydrogen-bond donors (Lipinski definition) is 2. The summed E-state index contributed by atoms with van der Waals surface area (Å²) in [5, 5.41) is 6.94. The fraction of sp³-hybridized carbons (Fsp3) is 1.00. The molecule has 1 saturated heterocycles. The number of rotatable bonds is 8. The summed E-state index contributed by atoms with van der Waals surface area (Å²) in [6, 6.07) is 0.656. The van der Waals surface area contributed by atoms with Crippen molar-refractivity contribution >= 4 is 0 Å². The summed E-state index contributed by atoms with van der Waals surface area (Å²) < 4.78 is 5.66. The Morgan fingerprint density at radius 2 is 2.31 bits per heavy atom. The lowest BCUT2D eigenvalue weighted by molar-refractivity contribution is 0.0235. The van der Waals surface area contributed by atoms with Crippen molar-refractivity contribution in [3.63, 3.8) is 0 Å². The Labute approximate surface area is 100 Å². The number of unbranched alkanes of at least 4 members (excludes halogenated alkanes) is 2. The van der Waals surface area contributed by atoms with E-state index >= 15 is 0 Å². The molecule has 0 aliphatic carbocycles. The largest absolute Gasteiger partial charge is 0.376 e. The SMILES string of the molecule is CCCCCC(C)NCCC1CNCCO1. The van der Waals surface area contributed by atoms with Crippen LogP contribution in [0.1, 0.15) is 46.0 Å². The lowest BCUT2D eigenvalue weighted by atomic mass is 10.1. The predicted octanol–water partition coefficient (Wildman–Crippen LogP) is 1.92. The van der Waals surface area contributed by atoms with Gasteiger partial charge in [0.25, 0.3) is 0 Å². The second-order valence-corrected chi connectivity index (χ2v) is 4.84. The van der Waals surface area contributed by atoms with E-state index in [9.17, 15) is 0 Å². The summed E-state index contributed by atoms with van der Waals surface area (Å²) in [5.41, 5.74) is 0. The molecule has 1 aliphatic rings. The minimum Gasteiger partial charge on any atom is -0.376 e. The summed E-state index contributed by atoms with van der Waals surface area (Å²) in [6.45, 7) is 8.53. The van der Waals surface area contributed by atoms with Crippen LogP contribution in [-0.2, 0) is 4.74 Å². The molecule has 2 atom stereocenters. The first kappa shape index (κ1) is 13.9. The van der Waals surface area contributed by atoms with E-state index in [4.69, 9.17) is 4.74 Å². The minimum absolute atomic E-state index is 0.420. The lowest BCUT2D eigenvalue weighted by Crippen LogP contribution is -2.40. The molecule has 0 amide bonds. The maximum absolute atomic E-state index is 5.66. The summed E-state index contributed by atoms with van der Waals surface area (Å²) >= 11 is 0. The molecule has 3 heteroatoms. The zero-order valence-electron chi connectivity index (χ0n) is 10.9. The molecule has 0 aromatic rings. The third-order valence-electron chi connectivity index (χ3n) is 3.20. The molecule has 1 rings (SSSR count). The first-order valence-corrected chi connectivity index (χ1v) is 6.88. The van der Waals surface area contributed by atoms with E-state index in [0.29, 0.717) is 12.1 Å². The molecular weight excluding hydrogens is 200 g/mol. The van der Waals surface area contributed by atoms with E-state index < -0.39 is 0 Å². The van der Waals surface area contributed by atoms with Gasteiger partial charge in [0.2, 0.25) is 0 Å². The van der Waals surface area contributed by atoms with Gasteiger partial charge in [0.05, 0.1) is 12.7 Å².